The number of nitrogens with zero attached hydrogens (tertiary/aromatic N) is 5. The molecule has 2 heterocycles. The van der Waals surface area contributed by atoms with Crippen LogP contribution in [0.15, 0.2) is 63.2 Å². The van der Waals surface area contributed by atoms with Crippen LogP contribution in [-0.4, -0.2) is 24.9 Å². The molecule has 0 aliphatic rings. The highest BCUT2D eigenvalue weighted by Gasteiger charge is 2.19. The van der Waals surface area contributed by atoms with Crippen LogP contribution in [0.5, 0.6) is 0 Å². The van der Waals surface area contributed by atoms with Crippen molar-refractivity contribution in [1.82, 2.24) is 18.7 Å². The second kappa shape index (κ2) is 8.23. The first-order chi connectivity index (χ1) is 14.9. The first-order valence-electron chi connectivity index (χ1n) is 9.62. The molecule has 8 nitrogen and oxygen atoms in total. The van der Waals surface area contributed by atoms with E-state index >= 15 is 0 Å². The summed E-state index contributed by atoms with van der Waals surface area (Å²) in [5.41, 5.74) is 5.49. The quantitative estimate of drug-likeness (QED) is 0.385. The maximum atomic E-state index is 12.9. The molecule has 1 N–H and O–H groups in total. The minimum absolute atomic E-state index is 0.288. The number of benzene rings is 2. The van der Waals surface area contributed by atoms with Gasteiger partial charge in [-0.25, -0.2) is 10.2 Å². The highest BCUT2D eigenvalue weighted by molar-refractivity contribution is 6.33. The van der Waals surface area contributed by atoms with E-state index < -0.39 is 11.2 Å². The zero-order valence-electron chi connectivity index (χ0n) is 17.3. The third-order valence-corrected chi connectivity index (χ3v) is 5.39. The Hall–Kier alpha value is -3.65. The van der Waals surface area contributed by atoms with E-state index in [1.54, 1.807) is 23.9 Å². The lowest BCUT2D eigenvalue weighted by atomic mass is 10.1. The molecule has 0 aliphatic heterocycles. The van der Waals surface area contributed by atoms with Crippen molar-refractivity contribution in [3.05, 3.63) is 91.1 Å². The second-order valence-corrected chi connectivity index (χ2v) is 7.69. The predicted molar refractivity (Wildman–Crippen MR) is 123 cm³/mol. The number of hydrogen-bond acceptors (Lipinski definition) is 5. The fourth-order valence-electron chi connectivity index (χ4n) is 3.42. The third kappa shape index (κ3) is 3.89. The van der Waals surface area contributed by atoms with Crippen molar-refractivity contribution in [2.75, 3.05) is 5.43 Å². The van der Waals surface area contributed by atoms with Crippen molar-refractivity contribution >= 4 is 34.9 Å². The van der Waals surface area contributed by atoms with Gasteiger partial charge in [0.2, 0.25) is 5.95 Å². The molecule has 2 aromatic carbocycles. The Morgan fingerprint density at radius 2 is 1.87 bits per heavy atom. The van der Waals surface area contributed by atoms with Crippen LogP contribution in [0.2, 0.25) is 5.02 Å². The average Bonchev–Trinajstić information content (AvgIpc) is 3.10. The Kier molecular flexibility index (Phi) is 5.48. The number of imidazole rings is 1. The molecule has 0 saturated heterocycles. The van der Waals surface area contributed by atoms with Crippen molar-refractivity contribution in [2.45, 2.75) is 13.5 Å². The number of anilines is 1. The molecule has 4 aromatic rings. The summed E-state index contributed by atoms with van der Waals surface area (Å²) in [5.74, 6) is 0.345. The van der Waals surface area contributed by atoms with E-state index in [0.29, 0.717) is 23.0 Å². The van der Waals surface area contributed by atoms with E-state index in [0.717, 1.165) is 21.3 Å². The van der Waals surface area contributed by atoms with E-state index in [4.69, 9.17) is 11.6 Å². The molecule has 0 fully saturated rings. The summed E-state index contributed by atoms with van der Waals surface area (Å²) in [6.07, 6.45) is 1.58. The number of rotatable bonds is 5. The van der Waals surface area contributed by atoms with Gasteiger partial charge in [0.15, 0.2) is 11.2 Å². The molecule has 158 valence electrons. The molecule has 31 heavy (non-hydrogen) atoms. The van der Waals surface area contributed by atoms with Gasteiger partial charge in [-0.3, -0.25) is 18.5 Å². The second-order valence-electron chi connectivity index (χ2n) is 7.28. The van der Waals surface area contributed by atoms with Gasteiger partial charge in [0.25, 0.3) is 5.56 Å². The Labute approximate surface area is 183 Å². The Balaban J connectivity index is 1.84. The van der Waals surface area contributed by atoms with Gasteiger partial charge in [-0.15, -0.1) is 0 Å². The smallest absolute Gasteiger partial charge is 0.298 e. The normalized spacial score (nSPS) is 11.5. The van der Waals surface area contributed by atoms with Crippen molar-refractivity contribution in [3.63, 3.8) is 0 Å². The fourth-order valence-corrected chi connectivity index (χ4v) is 3.60. The molecule has 0 spiro atoms. The van der Waals surface area contributed by atoms with Crippen LogP contribution in [0, 0.1) is 6.92 Å². The molecule has 0 radical (unpaired) electrons. The Morgan fingerprint density at radius 3 is 2.61 bits per heavy atom. The third-order valence-electron chi connectivity index (χ3n) is 5.04. The van der Waals surface area contributed by atoms with Gasteiger partial charge in [0.05, 0.1) is 12.8 Å². The van der Waals surface area contributed by atoms with Crippen molar-refractivity contribution in [1.29, 1.82) is 0 Å². The molecule has 0 bridgehead atoms. The van der Waals surface area contributed by atoms with Crippen LogP contribution in [0.4, 0.5) is 5.95 Å². The van der Waals surface area contributed by atoms with Crippen LogP contribution in [0.1, 0.15) is 16.7 Å². The number of aromatic nitrogens is 4. The first-order valence-corrected chi connectivity index (χ1v) is 10.00. The average molecular weight is 437 g/mol. The maximum absolute atomic E-state index is 12.9. The molecule has 4 rings (SSSR count). The minimum Gasteiger partial charge on any atom is -0.298 e. The number of aryl methyl sites for hydroxylation is 2. The predicted octanol–water partition coefficient (Wildman–Crippen LogP) is 2.89. The minimum atomic E-state index is -0.441. The molecule has 0 aliphatic carbocycles. The Bertz CT molecular complexity index is 1430. The summed E-state index contributed by atoms with van der Waals surface area (Å²) in [7, 11) is 3.04. The van der Waals surface area contributed by atoms with Gasteiger partial charge >= 0.3 is 5.69 Å². The number of hydrogen-bond donors (Lipinski definition) is 1. The summed E-state index contributed by atoms with van der Waals surface area (Å²) in [6.45, 7) is 2.39. The van der Waals surface area contributed by atoms with Crippen LogP contribution in [0.3, 0.4) is 0 Å². The molecular formula is C22H21ClN6O2. The molecule has 0 atom stereocenters. The van der Waals surface area contributed by atoms with Gasteiger partial charge in [0, 0.05) is 24.7 Å². The lowest BCUT2D eigenvalue weighted by molar-refractivity contribution is 0.702. The summed E-state index contributed by atoms with van der Waals surface area (Å²) < 4.78 is 4.16. The molecule has 0 unspecified atom stereocenters. The summed E-state index contributed by atoms with van der Waals surface area (Å²) in [6, 6.07) is 15.3. The molecular weight excluding hydrogens is 416 g/mol. The molecule has 9 heteroatoms. The van der Waals surface area contributed by atoms with E-state index in [-0.39, 0.29) is 5.65 Å². The molecule has 0 saturated carbocycles. The van der Waals surface area contributed by atoms with Gasteiger partial charge in [-0.05, 0) is 18.6 Å². The summed E-state index contributed by atoms with van der Waals surface area (Å²) in [5, 5.41) is 4.82. The molecule has 2 aromatic heterocycles. The number of fused-ring (bicyclic) bond motifs is 1. The number of halogens is 1. The number of hydrazone groups is 1. The van der Waals surface area contributed by atoms with E-state index in [1.807, 2.05) is 49.4 Å². The lowest BCUT2D eigenvalue weighted by Crippen LogP contribution is -2.37. The zero-order valence-corrected chi connectivity index (χ0v) is 18.1. The van der Waals surface area contributed by atoms with Gasteiger partial charge < -0.3 is 0 Å². The summed E-state index contributed by atoms with van der Waals surface area (Å²) in [4.78, 5) is 29.8. The van der Waals surface area contributed by atoms with Crippen LogP contribution in [0.25, 0.3) is 11.2 Å². The molecule has 0 amide bonds. The topological polar surface area (TPSA) is 86.2 Å². The van der Waals surface area contributed by atoms with Gasteiger partial charge in [-0.1, -0.05) is 59.6 Å². The summed E-state index contributed by atoms with van der Waals surface area (Å²) >= 11 is 6.18. The van der Waals surface area contributed by atoms with Crippen LogP contribution >= 0.6 is 11.6 Å². The fraction of sp³-hybridized carbons (Fsp3) is 0.182. The highest BCUT2D eigenvalue weighted by atomic mass is 35.5. The Morgan fingerprint density at radius 1 is 1.10 bits per heavy atom. The van der Waals surface area contributed by atoms with E-state index in [2.05, 4.69) is 15.5 Å². The SMILES string of the molecule is Cc1cccc(Cn2c(NN=Cc3ccccc3Cl)nc3c2c(=O)n(C)c(=O)n3C)c1. The van der Waals surface area contributed by atoms with E-state index in [1.165, 1.54) is 11.6 Å². The van der Waals surface area contributed by atoms with E-state index in [9.17, 15) is 9.59 Å². The number of nitrogens with one attached hydrogen (secondary N) is 1. The van der Waals surface area contributed by atoms with Gasteiger partial charge in [-0.2, -0.15) is 10.1 Å². The monoisotopic (exact) mass is 436 g/mol. The lowest BCUT2D eigenvalue weighted by Gasteiger charge is -2.10. The van der Waals surface area contributed by atoms with Crippen LogP contribution < -0.4 is 16.7 Å². The highest BCUT2D eigenvalue weighted by Crippen LogP contribution is 2.19. The van der Waals surface area contributed by atoms with Crippen molar-refractivity contribution in [2.24, 2.45) is 19.2 Å². The van der Waals surface area contributed by atoms with Crippen molar-refractivity contribution < 1.29 is 0 Å². The zero-order chi connectivity index (χ0) is 22.1. The van der Waals surface area contributed by atoms with Crippen molar-refractivity contribution in [3.8, 4) is 0 Å². The maximum Gasteiger partial charge on any atom is 0.332 e. The van der Waals surface area contributed by atoms with Gasteiger partial charge in [0.1, 0.15) is 0 Å². The first kappa shape index (κ1) is 20.6. The largest absolute Gasteiger partial charge is 0.332 e. The van der Waals surface area contributed by atoms with Crippen LogP contribution in [-0.2, 0) is 20.6 Å². The standard InChI is InChI=1S/C22H21ClN6O2/c1-14-7-6-8-15(11-14)13-29-18-19(27(2)22(31)28(3)20(18)30)25-21(29)26-24-12-16-9-4-5-10-17(16)23/h4-12H,13H2,1-3H3,(H,25,26).